The number of hydrogen-bond donors (Lipinski definition) is 3. The summed E-state index contributed by atoms with van der Waals surface area (Å²) in [7, 11) is 0. The topological polar surface area (TPSA) is 111 Å². The van der Waals surface area contributed by atoms with Crippen molar-refractivity contribution in [1.82, 2.24) is 10.9 Å². The lowest BCUT2D eigenvalue weighted by atomic mass is 10.2. The van der Waals surface area contributed by atoms with Crippen molar-refractivity contribution in [2.75, 3.05) is 5.73 Å². The van der Waals surface area contributed by atoms with E-state index >= 15 is 0 Å². The second-order valence-corrected chi connectivity index (χ2v) is 5.09. The molecule has 0 saturated carbocycles. The highest BCUT2D eigenvalue weighted by Gasteiger charge is 2.21. The quantitative estimate of drug-likeness (QED) is 0.441. The van der Waals surface area contributed by atoms with Crippen molar-refractivity contribution in [2.45, 2.75) is 13.0 Å². The molecule has 2 aromatic rings. The highest BCUT2D eigenvalue weighted by atomic mass is 19.1. The lowest BCUT2D eigenvalue weighted by Crippen LogP contribution is -2.46. The number of hydrogen-bond acceptors (Lipinski definition) is 5. The van der Waals surface area contributed by atoms with Crippen LogP contribution in [0.2, 0.25) is 0 Å². The van der Waals surface area contributed by atoms with Crippen molar-refractivity contribution in [3.05, 3.63) is 65.5 Å². The minimum atomic E-state index is -1.20. The maximum absolute atomic E-state index is 13.0. The van der Waals surface area contributed by atoms with E-state index in [0.717, 1.165) is 18.2 Å². The van der Waals surface area contributed by atoms with E-state index in [-0.39, 0.29) is 11.3 Å². The number of esters is 1. The monoisotopic (exact) mass is 345 g/mol. The van der Waals surface area contributed by atoms with Crippen LogP contribution in [0.25, 0.3) is 0 Å². The maximum Gasteiger partial charge on any atom is 0.341 e. The van der Waals surface area contributed by atoms with Crippen LogP contribution in [-0.2, 0) is 9.53 Å². The van der Waals surface area contributed by atoms with Gasteiger partial charge in [-0.15, -0.1) is 0 Å². The van der Waals surface area contributed by atoms with Gasteiger partial charge in [-0.2, -0.15) is 0 Å². The van der Waals surface area contributed by atoms with E-state index in [2.05, 4.69) is 10.9 Å². The minimum absolute atomic E-state index is 0.0608. The third-order valence-electron chi connectivity index (χ3n) is 3.22. The largest absolute Gasteiger partial charge is 0.449 e. The normalized spacial score (nSPS) is 11.3. The van der Waals surface area contributed by atoms with Gasteiger partial charge in [-0.25, -0.2) is 9.18 Å². The summed E-state index contributed by atoms with van der Waals surface area (Å²) in [5.74, 6) is -2.73. The Morgan fingerprint density at radius 3 is 2.40 bits per heavy atom. The number of halogens is 1. The number of ether oxygens (including phenoxy) is 1. The van der Waals surface area contributed by atoms with Gasteiger partial charge < -0.3 is 10.5 Å². The van der Waals surface area contributed by atoms with Crippen LogP contribution in [0.1, 0.15) is 27.6 Å². The third kappa shape index (κ3) is 4.77. The first kappa shape index (κ1) is 17.9. The van der Waals surface area contributed by atoms with Crippen LogP contribution in [-0.4, -0.2) is 23.9 Å². The number of anilines is 1. The molecule has 2 rings (SSSR count). The Morgan fingerprint density at radius 2 is 1.76 bits per heavy atom. The smallest absolute Gasteiger partial charge is 0.341 e. The molecule has 0 fully saturated rings. The second kappa shape index (κ2) is 7.91. The fraction of sp³-hybridized carbons (Fsp3) is 0.118. The molecular formula is C17H16FN3O4. The molecule has 0 aromatic heterocycles. The number of carbonyl (C=O) groups is 3. The Morgan fingerprint density at radius 1 is 1.08 bits per heavy atom. The van der Waals surface area contributed by atoms with Crippen molar-refractivity contribution in [3.63, 3.8) is 0 Å². The zero-order chi connectivity index (χ0) is 18.4. The first-order valence-electron chi connectivity index (χ1n) is 7.29. The second-order valence-electron chi connectivity index (χ2n) is 5.09. The maximum atomic E-state index is 13.0. The standard InChI is InChI=1S/C17H16FN3O4/c1-10(25-17(24)13-8-7-12(18)9-14(13)19)15(22)20-21-16(23)11-5-3-2-4-6-11/h2-10H,19H2,1H3,(H,20,22)(H,21,23)/t10-/m0/s1. The highest BCUT2D eigenvalue weighted by Crippen LogP contribution is 2.15. The molecule has 0 bridgehead atoms. The zero-order valence-electron chi connectivity index (χ0n) is 13.3. The predicted octanol–water partition coefficient (Wildman–Crippen LogP) is 1.41. The summed E-state index contributed by atoms with van der Waals surface area (Å²) in [4.78, 5) is 35.7. The van der Waals surface area contributed by atoms with Gasteiger partial charge in [0.15, 0.2) is 6.10 Å². The lowest BCUT2D eigenvalue weighted by Gasteiger charge is -2.14. The zero-order valence-corrected chi connectivity index (χ0v) is 13.3. The van der Waals surface area contributed by atoms with Gasteiger partial charge in [0.2, 0.25) is 0 Å². The average molecular weight is 345 g/mol. The molecule has 0 heterocycles. The molecule has 25 heavy (non-hydrogen) atoms. The highest BCUT2D eigenvalue weighted by molar-refractivity contribution is 5.98. The molecule has 0 spiro atoms. The van der Waals surface area contributed by atoms with Crippen LogP contribution in [0.5, 0.6) is 0 Å². The molecule has 1 atom stereocenters. The SMILES string of the molecule is C[C@H](OC(=O)c1ccc(F)cc1N)C(=O)NNC(=O)c1ccccc1. The van der Waals surface area contributed by atoms with Gasteiger partial charge in [0.05, 0.1) is 5.56 Å². The molecule has 2 aromatic carbocycles. The molecule has 0 aliphatic rings. The van der Waals surface area contributed by atoms with Gasteiger partial charge in [-0.05, 0) is 37.3 Å². The molecule has 130 valence electrons. The molecule has 0 radical (unpaired) electrons. The number of nitrogens with two attached hydrogens (primary N) is 1. The Labute approximate surface area is 142 Å². The van der Waals surface area contributed by atoms with Gasteiger partial charge in [0.1, 0.15) is 5.82 Å². The van der Waals surface area contributed by atoms with Crippen LogP contribution in [0.4, 0.5) is 10.1 Å². The average Bonchev–Trinajstić information content (AvgIpc) is 2.59. The summed E-state index contributed by atoms with van der Waals surface area (Å²) in [5.41, 5.74) is 10.1. The Hall–Kier alpha value is -3.42. The van der Waals surface area contributed by atoms with Crippen molar-refractivity contribution in [2.24, 2.45) is 0 Å². The fourth-order valence-corrected chi connectivity index (χ4v) is 1.88. The van der Waals surface area contributed by atoms with E-state index in [0.29, 0.717) is 5.56 Å². The lowest BCUT2D eigenvalue weighted by molar-refractivity contribution is -0.129. The van der Waals surface area contributed by atoms with Gasteiger partial charge in [0.25, 0.3) is 11.8 Å². The van der Waals surface area contributed by atoms with E-state index in [9.17, 15) is 18.8 Å². The van der Waals surface area contributed by atoms with Crippen LogP contribution < -0.4 is 16.6 Å². The van der Waals surface area contributed by atoms with Crippen LogP contribution >= 0.6 is 0 Å². The third-order valence-corrected chi connectivity index (χ3v) is 3.22. The summed E-state index contributed by atoms with van der Waals surface area (Å²) >= 11 is 0. The molecule has 0 unspecified atom stereocenters. The number of benzene rings is 2. The van der Waals surface area contributed by atoms with Gasteiger partial charge in [-0.3, -0.25) is 20.4 Å². The van der Waals surface area contributed by atoms with E-state index in [1.807, 2.05) is 0 Å². The van der Waals surface area contributed by atoms with E-state index in [1.165, 1.54) is 6.92 Å². The Bertz CT molecular complexity index is 796. The van der Waals surface area contributed by atoms with E-state index in [1.54, 1.807) is 30.3 Å². The molecule has 0 saturated heterocycles. The van der Waals surface area contributed by atoms with Gasteiger partial charge in [0, 0.05) is 11.3 Å². The Kier molecular flexibility index (Phi) is 5.67. The fourth-order valence-electron chi connectivity index (χ4n) is 1.88. The summed E-state index contributed by atoms with van der Waals surface area (Å²) in [5, 5.41) is 0. The van der Waals surface area contributed by atoms with Crippen molar-refractivity contribution < 1.29 is 23.5 Å². The first-order valence-corrected chi connectivity index (χ1v) is 7.29. The summed E-state index contributed by atoms with van der Waals surface area (Å²) in [6.07, 6.45) is -1.20. The number of hydrazine groups is 1. The molecule has 0 aliphatic heterocycles. The van der Waals surface area contributed by atoms with Gasteiger partial charge >= 0.3 is 5.97 Å². The first-order chi connectivity index (χ1) is 11.9. The number of nitrogen functional groups attached to an aromatic ring is 1. The van der Waals surface area contributed by atoms with E-state index < -0.39 is 29.7 Å². The van der Waals surface area contributed by atoms with Crippen molar-refractivity contribution in [1.29, 1.82) is 0 Å². The number of amides is 2. The number of rotatable bonds is 4. The molecule has 8 heteroatoms. The molecule has 0 aliphatic carbocycles. The number of nitrogens with one attached hydrogen (secondary N) is 2. The molecule has 4 N–H and O–H groups in total. The molecule has 2 amide bonds. The summed E-state index contributed by atoms with van der Waals surface area (Å²) in [6.45, 7) is 1.32. The summed E-state index contributed by atoms with van der Waals surface area (Å²) < 4.78 is 17.9. The van der Waals surface area contributed by atoms with Gasteiger partial charge in [-0.1, -0.05) is 18.2 Å². The molecule has 7 nitrogen and oxygen atoms in total. The minimum Gasteiger partial charge on any atom is -0.449 e. The Balaban J connectivity index is 1.89. The summed E-state index contributed by atoms with van der Waals surface area (Å²) in [6, 6.07) is 11.4. The van der Waals surface area contributed by atoms with Crippen LogP contribution in [0.15, 0.2) is 48.5 Å². The predicted molar refractivity (Wildman–Crippen MR) is 87.7 cm³/mol. The van der Waals surface area contributed by atoms with Crippen molar-refractivity contribution in [3.8, 4) is 0 Å². The van der Waals surface area contributed by atoms with Crippen LogP contribution in [0.3, 0.4) is 0 Å². The molecular weight excluding hydrogens is 329 g/mol. The van der Waals surface area contributed by atoms with Crippen molar-refractivity contribution >= 4 is 23.5 Å². The number of carbonyl (C=O) groups excluding carboxylic acids is 3. The van der Waals surface area contributed by atoms with E-state index in [4.69, 9.17) is 10.5 Å². The van der Waals surface area contributed by atoms with Crippen LogP contribution in [0, 0.1) is 5.82 Å².